The molecule has 0 aliphatic carbocycles. The number of aryl methyl sites for hydroxylation is 1. The van der Waals surface area contributed by atoms with E-state index in [1.54, 1.807) is 0 Å². The van der Waals surface area contributed by atoms with Crippen molar-refractivity contribution in [1.82, 2.24) is 13.8 Å². The Balaban J connectivity index is 1.69. The highest BCUT2D eigenvalue weighted by atomic mass is 15.2. The lowest BCUT2D eigenvalue weighted by Gasteiger charge is -2.02. The lowest BCUT2D eigenvalue weighted by molar-refractivity contribution is 1.22. The smallest absolute Gasteiger partial charge is 0.220 e. The van der Waals surface area contributed by atoms with E-state index in [2.05, 4.69) is 101 Å². The van der Waals surface area contributed by atoms with Crippen molar-refractivity contribution < 1.29 is 0 Å². The molecule has 0 aliphatic heterocycles. The monoisotopic (exact) mass is 395 g/mol. The van der Waals surface area contributed by atoms with E-state index in [0.29, 0.717) is 0 Å². The van der Waals surface area contributed by atoms with Gasteiger partial charge in [0.15, 0.2) is 0 Å². The van der Waals surface area contributed by atoms with Crippen molar-refractivity contribution in [2.45, 2.75) is 6.92 Å². The van der Waals surface area contributed by atoms with Gasteiger partial charge in [-0.3, -0.25) is 8.80 Å². The van der Waals surface area contributed by atoms with Gasteiger partial charge in [-0.25, -0.2) is 4.98 Å². The van der Waals surface area contributed by atoms with Gasteiger partial charge < -0.3 is 0 Å². The van der Waals surface area contributed by atoms with Gasteiger partial charge in [-0.15, -0.1) is 0 Å². The maximum atomic E-state index is 5.14. The van der Waals surface area contributed by atoms with Crippen molar-refractivity contribution in [3.63, 3.8) is 0 Å². The summed E-state index contributed by atoms with van der Waals surface area (Å²) in [4.78, 5) is 5.14. The number of hydrogen-bond acceptors (Lipinski definition) is 1. The van der Waals surface area contributed by atoms with Gasteiger partial charge in [-0.05, 0) is 70.4 Å². The first-order chi connectivity index (χ1) is 15.3. The molecule has 144 valence electrons. The Bertz CT molecular complexity index is 2000. The Labute approximate surface area is 177 Å². The molecule has 0 unspecified atom stereocenters. The SMILES string of the molecule is Cc1cc2c3cc4ccccc4cc3n3c2c(c1)n1c2cc4ccccc4cc2nc13. The summed E-state index contributed by atoms with van der Waals surface area (Å²) < 4.78 is 4.70. The predicted molar refractivity (Wildman–Crippen MR) is 130 cm³/mol. The van der Waals surface area contributed by atoms with Crippen molar-refractivity contribution in [2.75, 3.05) is 0 Å². The topological polar surface area (TPSA) is 21.7 Å². The second kappa shape index (κ2) is 5.13. The van der Waals surface area contributed by atoms with Crippen LogP contribution in [0.25, 0.3) is 65.7 Å². The van der Waals surface area contributed by atoms with Gasteiger partial charge in [0.05, 0.1) is 27.6 Å². The number of aromatic nitrogens is 3. The summed E-state index contributed by atoms with van der Waals surface area (Å²) in [5.41, 5.74) is 7.18. The maximum Gasteiger partial charge on any atom is 0.220 e. The molecule has 0 bridgehead atoms. The van der Waals surface area contributed by atoms with Gasteiger partial charge in [0.1, 0.15) is 0 Å². The third-order valence-electron chi connectivity index (χ3n) is 6.80. The second-order valence-corrected chi connectivity index (χ2v) is 8.67. The van der Waals surface area contributed by atoms with Crippen LogP contribution in [0.3, 0.4) is 0 Å². The minimum atomic E-state index is 0.987. The highest BCUT2D eigenvalue weighted by Crippen LogP contribution is 2.39. The molecule has 3 nitrogen and oxygen atoms in total. The van der Waals surface area contributed by atoms with Gasteiger partial charge in [-0.1, -0.05) is 48.5 Å². The lowest BCUT2D eigenvalue weighted by atomic mass is 10.0. The van der Waals surface area contributed by atoms with E-state index < -0.39 is 0 Å². The van der Waals surface area contributed by atoms with Crippen molar-refractivity contribution >= 4 is 65.7 Å². The fourth-order valence-corrected chi connectivity index (χ4v) is 5.47. The van der Waals surface area contributed by atoms with Crippen LogP contribution in [-0.4, -0.2) is 13.8 Å². The first-order valence-corrected chi connectivity index (χ1v) is 10.7. The van der Waals surface area contributed by atoms with Crippen LogP contribution in [-0.2, 0) is 0 Å². The van der Waals surface area contributed by atoms with Crippen LogP contribution in [0, 0.1) is 6.92 Å². The largest absolute Gasteiger partial charge is 0.277 e. The van der Waals surface area contributed by atoms with E-state index in [0.717, 1.165) is 11.3 Å². The number of imidazole rings is 2. The molecular weight excluding hydrogens is 378 g/mol. The quantitative estimate of drug-likeness (QED) is 0.268. The number of benzene rings is 5. The Hall–Kier alpha value is -4.11. The van der Waals surface area contributed by atoms with Crippen molar-refractivity contribution in [3.05, 3.63) is 90.5 Å². The van der Waals surface area contributed by atoms with Crippen molar-refractivity contribution in [1.29, 1.82) is 0 Å². The first-order valence-electron chi connectivity index (χ1n) is 10.7. The summed E-state index contributed by atoms with van der Waals surface area (Å²) in [5.74, 6) is 0.987. The van der Waals surface area contributed by atoms with Crippen LogP contribution >= 0.6 is 0 Å². The molecule has 8 aromatic rings. The fourth-order valence-electron chi connectivity index (χ4n) is 5.47. The molecule has 8 rings (SSSR count). The van der Waals surface area contributed by atoms with E-state index in [4.69, 9.17) is 4.98 Å². The molecule has 3 aromatic heterocycles. The molecule has 0 saturated carbocycles. The minimum absolute atomic E-state index is 0.987. The van der Waals surface area contributed by atoms with E-state index in [1.165, 1.54) is 59.9 Å². The van der Waals surface area contributed by atoms with Gasteiger partial charge >= 0.3 is 0 Å². The van der Waals surface area contributed by atoms with Gasteiger partial charge in [0.25, 0.3) is 0 Å². The van der Waals surface area contributed by atoms with Crippen LogP contribution in [0.1, 0.15) is 5.56 Å². The molecule has 3 heterocycles. The Morgan fingerprint density at radius 3 is 1.97 bits per heavy atom. The van der Waals surface area contributed by atoms with E-state index in [-0.39, 0.29) is 0 Å². The Kier molecular flexibility index (Phi) is 2.60. The lowest BCUT2D eigenvalue weighted by Crippen LogP contribution is -1.85. The number of rotatable bonds is 0. The zero-order chi connectivity index (χ0) is 20.3. The van der Waals surface area contributed by atoms with E-state index >= 15 is 0 Å². The third kappa shape index (κ3) is 1.83. The maximum absolute atomic E-state index is 5.14. The minimum Gasteiger partial charge on any atom is -0.277 e. The van der Waals surface area contributed by atoms with Crippen LogP contribution in [0.5, 0.6) is 0 Å². The van der Waals surface area contributed by atoms with Crippen LogP contribution in [0.4, 0.5) is 0 Å². The normalized spacial score (nSPS) is 12.7. The predicted octanol–water partition coefficient (Wildman–Crippen LogP) is 7.10. The summed E-state index contributed by atoms with van der Waals surface area (Å²) in [6.07, 6.45) is 0. The molecule has 0 spiro atoms. The summed E-state index contributed by atoms with van der Waals surface area (Å²) >= 11 is 0. The Morgan fingerprint density at radius 1 is 0.581 bits per heavy atom. The summed E-state index contributed by atoms with van der Waals surface area (Å²) in [6.45, 7) is 2.19. The first kappa shape index (κ1) is 15.7. The highest BCUT2D eigenvalue weighted by Gasteiger charge is 2.21. The molecule has 0 fully saturated rings. The van der Waals surface area contributed by atoms with E-state index in [9.17, 15) is 0 Å². The molecule has 0 radical (unpaired) electrons. The molecule has 0 aliphatic rings. The molecule has 0 amide bonds. The summed E-state index contributed by atoms with van der Waals surface area (Å²) in [7, 11) is 0. The van der Waals surface area contributed by atoms with Gasteiger partial charge in [-0.2, -0.15) is 0 Å². The highest BCUT2D eigenvalue weighted by molar-refractivity contribution is 6.19. The number of nitrogens with zero attached hydrogens (tertiary/aromatic N) is 3. The van der Waals surface area contributed by atoms with Crippen LogP contribution in [0.15, 0.2) is 84.9 Å². The molecule has 0 atom stereocenters. The number of hydrogen-bond donors (Lipinski definition) is 0. The average Bonchev–Trinajstić information content (AvgIpc) is 3.40. The zero-order valence-corrected chi connectivity index (χ0v) is 16.9. The van der Waals surface area contributed by atoms with Crippen molar-refractivity contribution in [3.8, 4) is 0 Å². The van der Waals surface area contributed by atoms with Crippen molar-refractivity contribution in [2.24, 2.45) is 0 Å². The standard InChI is InChI=1S/C28H17N3/c1-16-10-22-21-12-17-6-2-4-8-19(17)14-24(21)31-27(22)26(11-16)30-25-15-20-9-5-3-7-18(20)13-23(25)29-28(30)31/h2-15H,1H3. The average molecular weight is 395 g/mol. The van der Waals surface area contributed by atoms with Crippen LogP contribution in [0.2, 0.25) is 0 Å². The molecule has 0 N–H and O–H groups in total. The molecule has 0 saturated heterocycles. The third-order valence-corrected chi connectivity index (χ3v) is 6.80. The summed E-state index contributed by atoms with van der Waals surface area (Å²) in [5, 5.41) is 7.60. The fraction of sp³-hybridized carbons (Fsp3) is 0.0357. The van der Waals surface area contributed by atoms with Crippen LogP contribution < -0.4 is 0 Å². The molecule has 5 aromatic carbocycles. The zero-order valence-electron chi connectivity index (χ0n) is 16.9. The molecular formula is C28H17N3. The number of fused-ring (bicyclic) bond motifs is 10. The Morgan fingerprint density at radius 2 is 1.23 bits per heavy atom. The molecule has 31 heavy (non-hydrogen) atoms. The summed E-state index contributed by atoms with van der Waals surface area (Å²) in [6, 6.07) is 30.9. The van der Waals surface area contributed by atoms with Gasteiger partial charge in [0, 0.05) is 10.8 Å². The van der Waals surface area contributed by atoms with Gasteiger partial charge in [0.2, 0.25) is 5.78 Å². The second-order valence-electron chi connectivity index (χ2n) is 8.67. The molecule has 3 heteroatoms. The van der Waals surface area contributed by atoms with E-state index in [1.807, 2.05) is 0 Å².